The van der Waals surface area contributed by atoms with Gasteiger partial charge >= 0.3 is 0 Å². The zero-order valence-electron chi connectivity index (χ0n) is 9.46. The Morgan fingerprint density at radius 3 is 2.73 bits per heavy atom. The molecule has 0 saturated heterocycles. The summed E-state index contributed by atoms with van der Waals surface area (Å²) in [6.45, 7) is 4.25. The maximum atomic E-state index is 4.56. The van der Waals surface area contributed by atoms with Crippen LogP contribution >= 0.6 is 0 Å². The van der Waals surface area contributed by atoms with Gasteiger partial charge in [-0.2, -0.15) is 0 Å². The highest BCUT2D eigenvalue weighted by Gasteiger charge is 2.01. The van der Waals surface area contributed by atoms with Crippen molar-refractivity contribution in [3.63, 3.8) is 0 Å². The fourth-order valence-electron chi connectivity index (χ4n) is 1.80. The van der Waals surface area contributed by atoms with Crippen LogP contribution in [0.1, 0.15) is 18.1 Å². The van der Waals surface area contributed by atoms with E-state index in [4.69, 9.17) is 0 Å². The lowest BCUT2D eigenvalue weighted by Crippen LogP contribution is -1.96. The second-order valence-electron chi connectivity index (χ2n) is 3.78. The SMILES string of the molecule is CCc1ccc2nc(NC)c(C)cc2c1. The van der Waals surface area contributed by atoms with Crippen LogP contribution in [0.5, 0.6) is 0 Å². The van der Waals surface area contributed by atoms with E-state index in [-0.39, 0.29) is 0 Å². The van der Waals surface area contributed by atoms with Gasteiger partial charge < -0.3 is 5.32 Å². The number of benzene rings is 1. The van der Waals surface area contributed by atoms with Gasteiger partial charge in [0.1, 0.15) is 5.82 Å². The zero-order valence-corrected chi connectivity index (χ0v) is 9.46. The summed E-state index contributed by atoms with van der Waals surface area (Å²) in [4.78, 5) is 4.56. The Morgan fingerprint density at radius 2 is 2.07 bits per heavy atom. The van der Waals surface area contributed by atoms with E-state index in [1.807, 2.05) is 7.05 Å². The van der Waals surface area contributed by atoms with E-state index >= 15 is 0 Å². The highest BCUT2D eigenvalue weighted by Crippen LogP contribution is 2.20. The molecule has 0 aliphatic carbocycles. The second kappa shape index (κ2) is 3.89. The van der Waals surface area contributed by atoms with E-state index in [2.05, 4.69) is 48.4 Å². The van der Waals surface area contributed by atoms with Crippen molar-refractivity contribution in [3.8, 4) is 0 Å². The minimum atomic E-state index is 0.965. The summed E-state index contributed by atoms with van der Waals surface area (Å²) in [5.74, 6) is 0.965. The molecule has 0 radical (unpaired) electrons. The van der Waals surface area contributed by atoms with Gasteiger partial charge in [0.2, 0.25) is 0 Å². The van der Waals surface area contributed by atoms with Gasteiger partial charge in [-0.05, 0) is 42.7 Å². The molecule has 1 N–H and O–H groups in total. The lowest BCUT2D eigenvalue weighted by atomic mass is 10.1. The van der Waals surface area contributed by atoms with Crippen molar-refractivity contribution in [2.45, 2.75) is 20.3 Å². The van der Waals surface area contributed by atoms with Gasteiger partial charge in [0.25, 0.3) is 0 Å². The molecule has 2 aromatic rings. The molecule has 0 unspecified atom stereocenters. The van der Waals surface area contributed by atoms with E-state index in [0.29, 0.717) is 0 Å². The molecule has 0 aliphatic heterocycles. The Balaban J connectivity index is 2.65. The maximum absolute atomic E-state index is 4.56. The summed E-state index contributed by atoms with van der Waals surface area (Å²) < 4.78 is 0. The molecule has 0 amide bonds. The summed E-state index contributed by atoms with van der Waals surface area (Å²) in [6, 6.07) is 8.64. The van der Waals surface area contributed by atoms with Crippen LogP contribution in [-0.2, 0) is 6.42 Å². The highest BCUT2D eigenvalue weighted by atomic mass is 15.0. The predicted molar refractivity (Wildman–Crippen MR) is 65.4 cm³/mol. The van der Waals surface area contributed by atoms with E-state index < -0.39 is 0 Å². The molecule has 78 valence electrons. The van der Waals surface area contributed by atoms with E-state index in [9.17, 15) is 0 Å². The first-order chi connectivity index (χ1) is 7.24. The lowest BCUT2D eigenvalue weighted by Gasteiger charge is -2.07. The number of aromatic nitrogens is 1. The monoisotopic (exact) mass is 200 g/mol. The molecule has 2 heteroatoms. The lowest BCUT2D eigenvalue weighted by molar-refractivity contribution is 1.14. The third-order valence-electron chi connectivity index (χ3n) is 2.71. The minimum Gasteiger partial charge on any atom is -0.373 e. The van der Waals surface area contributed by atoms with Gasteiger partial charge in [0.05, 0.1) is 5.52 Å². The first kappa shape index (κ1) is 9.97. The number of rotatable bonds is 2. The molecule has 1 aromatic carbocycles. The number of nitrogens with zero attached hydrogens (tertiary/aromatic N) is 1. The van der Waals surface area contributed by atoms with Gasteiger partial charge in [-0.15, -0.1) is 0 Å². The van der Waals surface area contributed by atoms with Crippen LogP contribution in [0.25, 0.3) is 10.9 Å². The predicted octanol–water partition coefficient (Wildman–Crippen LogP) is 3.15. The van der Waals surface area contributed by atoms with Gasteiger partial charge in [0.15, 0.2) is 0 Å². The van der Waals surface area contributed by atoms with Gasteiger partial charge in [-0.1, -0.05) is 13.0 Å². The van der Waals surface area contributed by atoms with Crippen molar-refractivity contribution in [1.29, 1.82) is 0 Å². The highest BCUT2D eigenvalue weighted by molar-refractivity contribution is 5.82. The third kappa shape index (κ3) is 1.80. The summed E-state index contributed by atoms with van der Waals surface area (Å²) in [5.41, 5.74) is 3.61. The molecule has 0 saturated carbocycles. The van der Waals surface area contributed by atoms with Crippen molar-refractivity contribution in [3.05, 3.63) is 35.4 Å². The number of hydrogen-bond acceptors (Lipinski definition) is 2. The van der Waals surface area contributed by atoms with Crippen molar-refractivity contribution in [1.82, 2.24) is 4.98 Å². The molecular formula is C13H16N2. The Kier molecular flexibility index (Phi) is 2.58. The Morgan fingerprint density at radius 1 is 1.27 bits per heavy atom. The average Bonchev–Trinajstić information content (AvgIpc) is 2.27. The minimum absolute atomic E-state index is 0.965. The van der Waals surface area contributed by atoms with Gasteiger partial charge in [-0.3, -0.25) is 0 Å². The number of aryl methyl sites for hydroxylation is 2. The largest absolute Gasteiger partial charge is 0.373 e. The molecule has 1 aromatic heterocycles. The van der Waals surface area contributed by atoms with Crippen LogP contribution in [0.15, 0.2) is 24.3 Å². The molecule has 0 aliphatic rings. The number of hydrogen-bond donors (Lipinski definition) is 1. The van der Waals surface area contributed by atoms with Crippen LogP contribution in [0, 0.1) is 6.92 Å². The molecule has 1 heterocycles. The molecule has 0 fully saturated rings. The molecule has 0 bridgehead atoms. The van der Waals surface area contributed by atoms with Gasteiger partial charge in [-0.25, -0.2) is 4.98 Å². The molecule has 0 atom stereocenters. The number of nitrogens with one attached hydrogen (secondary N) is 1. The number of anilines is 1. The van der Waals surface area contributed by atoms with Crippen LogP contribution in [0.4, 0.5) is 5.82 Å². The molecule has 2 nitrogen and oxygen atoms in total. The topological polar surface area (TPSA) is 24.9 Å². The van der Waals surface area contributed by atoms with Crippen LogP contribution in [0.2, 0.25) is 0 Å². The molecule has 2 rings (SSSR count). The third-order valence-corrected chi connectivity index (χ3v) is 2.71. The average molecular weight is 200 g/mol. The standard InChI is InChI=1S/C13H16N2/c1-4-10-5-6-12-11(8-10)7-9(2)13(14-3)15-12/h5-8H,4H2,1-3H3,(H,14,15). The summed E-state index contributed by atoms with van der Waals surface area (Å²) >= 11 is 0. The first-order valence-electron chi connectivity index (χ1n) is 5.32. The Labute approximate surface area is 90.3 Å². The van der Waals surface area contributed by atoms with Crippen molar-refractivity contribution in [2.24, 2.45) is 0 Å². The fourth-order valence-corrected chi connectivity index (χ4v) is 1.80. The van der Waals surface area contributed by atoms with E-state index in [1.165, 1.54) is 16.5 Å². The summed E-state index contributed by atoms with van der Waals surface area (Å²) in [7, 11) is 1.90. The van der Waals surface area contributed by atoms with Crippen molar-refractivity contribution >= 4 is 16.7 Å². The van der Waals surface area contributed by atoms with E-state index in [1.54, 1.807) is 0 Å². The molecule has 0 spiro atoms. The summed E-state index contributed by atoms with van der Waals surface area (Å²) in [6.07, 6.45) is 1.07. The Hall–Kier alpha value is -1.57. The zero-order chi connectivity index (χ0) is 10.8. The second-order valence-corrected chi connectivity index (χ2v) is 3.78. The van der Waals surface area contributed by atoms with Crippen molar-refractivity contribution < 1.29 is 0 Å². The number of fused-ring (bicyclic) bond motifs is 1. The number of pyridine rings is 1. The quantitative estimate of drug-likeness (QED) is 0.805. The van der Waals surface area contributed by atoms with Crippen LogP contribution < -0.4 is 5.32 Å². The fraction of sp³-hybridized carbons (Fsp3) is 0.308. The molecule has 15 heavy (non-hydrogen) atoms. The van der Waals surface area contributed by atoms with Crippen LogP contribution in [-0.4, -0.2) is 12.0 Å². The first-order valence-corrected chi connectivity index (χ1v) is 5.32. The maximum Gasteiger partial charge on any atom is 0.129 e. The van der Waals surface area contributed by atoms with Crippen molar-refractivity contribution in [2.75, 3.05) is 12.4 Å². The Bertz CT molecular complexity index is 489. The van der Waals surface area contributed by atoms with Gasteiger partial charge in [0, 0.05) is 12.4 Å². The van der Waals surface area contributed by atoms with Crippen LogP contribution in [0.3, 0.4) is 0 Å². The smallest absolute Gasteiger partial charge is 0.129 e. The van der Waals surface area contributed by atoms with E-state index in [0.717, 1.165) is 17.8 Å². The normalized spacial score (nSPS) is 10.6. The molecular weight excluding hydrogens is 184 g/mol. The summed E-state index contributed by atoms with van der Waals surface area (Å²) in [5, 5.41) is 4.33.